The summed E-state index contributed by atoms with van der Waals surface area (Å²) in [5.74, 6) is 0.592. The Balaban J connectivity index is 2.21. The van der Waals surface area contributed by atoms with Crippen molar-refractivity contribution in [2.24, 2.45) is 0 Å². The molecular formula is C12H12N2O2S. The van der Waals surface area contributed by atoms with E-state index in [4.69, 9.17) is 0 Å². The lowest BCUT2D eigenvalue weighted by atomic mass is 10.2. The van der Waals surface area contributed by atoms with Gasteiger partial charge in [-0.3, -0.25) is 14.1 Å². The zero-order chi connectivity index (χ0) is 11.8. The summed E-state index contributed by atoms with van der Waals surface area (Å²) in [5.41, 5.74) is 1.43. The van der Waals surface area contributed by atoms with Crippen LogP contribution in [0.5, 0.6) is 0 Å². The summed E-state index contributed by atoms with van der Waals surface area (Å²) < 4.78 is 13.3. The van der Waals surface area contributed by atoms with Crippen molar-refractivity contribution in [2.45, 2.75) is 17.7 Å². The third-order valence-corrected chi connectivity index (χ3v) is 4.45. The molecule has 5 heteroatoms. The van der Waals surface area contributed by atoms with E-state index in [-0.39, 0.29) is 5.56 Å². The summed E-state index contributed by atoms with van der Waals surface area (Å²) in [6.07, 6.45) is 1.67. The number of nitrogens with one attached hydrogen (secondary N) is 1. The second-order valence-electron chi connectivity index (χ2n) is 4.05. The maximum absolute atomic E-state index is 12.2. The molecule has 0 radical (unpaired) electrons. The summed E-state index contributed by atoms with van der Waals surface area (Å²) in [7, 11) is -1.14. The molecule has 0 spiro atoms. The molecule has 1 unspecified atom stereocenters. The van der Waals surface area contributed by atoms with Crippen LogP contribution in [0, 0.1) is 0 Å². The topological polar surface area (TPSA) is 54.9 Å². The predicted molar refractivity (Wildman–Crippen MR) is 66.0 cm³/mol. The highest BCUT2D eigenvalue weighted by atomic mass is 32.2. The van der Waals surface area contributed by atoms with Gasteiger partial charge in [-0.25, -0.2) is 4.68 Å². The van der Waals surface area contributed by atoms with Gasteiger partial charge in [0.2, 0.25) is 0 Å². The summed E-state index contributed by atoms with van der Waals surface area (Å²) in [4.78, 5) is 12.6. The van der Waals surface area contributed by atoms with Crippen molar-refractivity contribution in [1.29, 1.82) is 0 Å². The zero-order valence-electron chi connectivity index (χ0n) is 9.18. The molecule has 1 aliphatic rings. The number of para-hydroxylation sites is 1. The Morgan fingerprint density at radius 1 is 1.24 bits per heavy atom. The quantitative estimate of drug-likeness (QED) is 0.825. The van der Waals surface area contributed by atoms with Crippen LogP contribution in [0.25, 0.3) is 5.69 Å². The van der Waals surface area contributed by atoms with E-state index in [0.29, 0.717) is 10.6 Å². The van der Waals surface area contributed by atoms with Gasteiger partial charge in [0.05, 0.1) is 22.2 Å². The second kappa shape index (κ2) is 4.00. The van der Waals surface area contributed by atoms with Crippen LogP contribution in [0.2, 0.25) is 0 Å². The fourth-order valence-electron chi connectivity index (χ4n) is 2.11. The lowest BCUT2D eigenvalue weighted by molar-refractivity contribution is 0.672. The van der Waals surface area contributed by atoms with Crippen LogP contribution in [0.3, 0.4) is 0 Å². The van der Waals surface area contributed by atoms with Gasteiger partial charge in [0.15, 0.2) is 0 Å². The molecule has 17 heavy (non-hydrogen) atoms. The number of fused-ring (bicyclic) bond motifs is 1. The van der Waals surface area contributed by atoms with Crippen molar-refractivity contribution in [3.8, 4) is 5.69 Å². The lowest BCUT2D eigenvalue weighted by Crippen LogP contribution is -2.20. The van der Waals surface area contributed by atoms with Gasteiger partial charge in [-0.1, -0.05) is 18.2 Å². The van der Waals surface area contributed by atoms with E-state index >= 15 is 0 Å². The minimum atomic E-state index is -1.14. The summed E-state index contributed by atoms with van der Waals surface area (Å²) in [6, 6.07) is 9.35. The molecule has 1 aromatic carbocycles. The first-order valence-corrected chi connectivity index (χ1v) is 6.87. The molecule has 0 saturated carbocycles. The minimum Gasteiger partial charge on any atom is -0.294 e. The van der Waals surface area contributed by atoms with Gasteiger partial charge < -0.3 is 0 Å². The number of aryl methyl sites for hydroxylation is 1. The normalized spacial score (nSPS) is 18.9. The van der Waals surface area contributed by atoms with Crippen molar-refractivity contribution >= 4 is 10.8 Å². The molecule has 1 atom stereocenters. The van der Waals surface area contributed by atoms with Gasteiger partial charge in [-0.15, -0.1) is 0 Å². The van der Waals surface area contributed by atoms with Crippen molar-refractivity contribution in [2.75, 3.05) is 5.75 Å². The molecule has 0 amide bonds. The Labute approximate surface area is 101 Å². The molecule has 2 aromatic rings. The van der Waals surface area contributed by atoms with Crippen LogP contribution >= 0.6 is 0 Å². The highest BCUT2D eigenvalue weighted by Gasteiger charge is 2.23. The Bertz CT molecular complexity index is 628. The third-order valence-electron chi connectivity index (χ3n) is 2.92. The van der Waals surface area contributed by atoms with E-state index in [2.05, 4.69) is 5.10 Å². The van der Waals surface area contributed by atoms with Gasteiger partial charge >= 0.3 is 0 Å². The summed E-state index contributed by atoms with van der Waals surface area (Å²) in [5, 5.41) is 3.06. The standard InChI is InChI=1S/C12H12N2O2S/c15-12-11-10(7-4-8-17(11)16)13-14(12)9-5-2-1-3-6-9/h1-3,5-6,13H,4,7-8H2. The second-order valence-corrected chi connectivity index (χ2v) is 5.56. The number of aromatic amines is 1. The summed E-state index contributed by atoms with van der Waals surface area (Å²) >= 11 is 0. The van der Waals surface area contributed by atoms with Crippen LogP contribution in [-0.4, -0.2) is 19.7 Å². The van der Waals surface area contributed by atoms with Gasteiger partial charge in [-0.2, -0.15) is 0 Å². The third kappa shape index (κ3) is 1.67. The van der Waals surface area contributed by atoms with Gasteiger partial charge in [0.25, 0.3) is 5.56 Å². The van der Waals surface area contributed by atoms with Crippen LogP contribution in [0.1, 0.15) is 12.1 Å². The number of hydrogen-bond donors (Lipinski definition) is 1. The van der Waals surface area contributed by atoms with E-state index in [0.717, 1.165) is 24.2 Å². The fraction of sp³-hybridized carbons (Fsp3) is 0.250. The first-order valence-electron chi connectivity index (χ1n) is 5.55. The first-order chi connectivity index (χ1) is 8.27. The SMILES string of the molecule is O=c1c2c([nH]n1-c1ccccc1)CCCS2=O. The molecule has 1 N–H and O–H groups in total. The first kappa shape index (κ1) is 10.5. The van der Waals surface area contributed by atoms with Crippen molar-refractivity contribution in [3.63, 3.8) is 0 Å². The maximum atomic E-state index is 12.2. The minimum absolute atomic E-state index is 0.177. The van der Waals surface area contributed by atoms with Crippen molar-refractivity contribution < 1.29 is 4.21 Å². The number of nitrogens with zero attached hydrogens (tertiary/aromatic N) is 1. The van der Waals surface area contributed by atoms with E-state index in [1.54, 1.807) is 0 Å². The molecular weight excluding hydrogens is 236 g/mol. The Hall–Kier alpha value is -1.62. The average molecular weight is 248 g/mol. The average Bonchev–Trinajstić information content (AvgIpc) is 2.69. The van der Waals surface area contributed by atoms with Crippen molar-refractivity contribution in [1.82, 2.24) is 9.78 Å². The zero-order valence-corrected chi connectivity index (χ0v) is 10.00. The van der Waals surface area contributed by atoms with Gasteiger partial charge in [0, 0.05) is 5.75 Å². The molecule has 4 nitrogen and oxygen atoms in total. The van der Waals surface area contributed by atoms with Crippen LogP contribution in [0.15, 0.2) is 40.0 Å². The molecule has 1 aliphatic heterocycles. The number of benzene rings is 1. The van der Waals surface area contributed by atoms with Gasteiger partial charge in [0.1, 0.15) is 4.90 Å². The predicted octanol–water partition coefficient (Wildman–Crippen LogP) is 1.22. The Morgan fingerprint density at radius 3 is 2.71 bits per heavy atom. The Kier molecular flexibility index (Phi) is 2.48. The van der Waals surface area contributed by atoms with Crippen molar-refractivity contribution in [3.05, 3.63) is 46.4 Å². The highest BCUT2D eigenvalue weighted by Crippen LogP contribution is 2.18. The fourth-order valence-corrected chi connectivity index (χ4v) is 3.43. The molecule has 2 heterocycles. The molecule has 0 saturated heterocycles. The Morgan fingerprint density at radius 2 is 2.00 bits per heavy atom. The monoisotopic (exact) mass is 248 g/mol. The number of hydrogen-bond acceptors (Lipinski definition) is 2. The smallest absolute Gasteiger partial charge is 0.287 e. The highest BCUT2D eigenvalue weighted by molar-refractivity contribution is 7.85. The van der Waals surface area contributed by atoms with Gasteiger partial charge in [-0.05, 0) is 25.0 Å². The van der Waals surface area contributed by atoms with Crippen LogP contribution in [0.4, 0.5) is 0 Å². The summed E-state index contributed by atoms with van der Waals surface area (Å²) in [6.45, 7) is 0. The van der Waals surface area contributed by atoms with Crippen LogP contribution < -0.4 is 5.56 Å². The molecule has 3 rings (SSSR count). The molecule has 0 fully saturated rings. The number of aromatic nitrogens is 2. The largest absolute Gasteiger partial charge is 0.294 e. The van der Waals surface area contributed by atoms with E-state index < -0.39 is 10.8 Å². The van der Waals surface area contributed by atoms with E-state index in [1.807, 2.05) is 30.3 Å². The molecule has 0 aliphatic carbocycles. The molecule has 88 valence electrons. The van der Waals surface area contributed by atoms with Crippen LogP contribution in [-0.2, 0) is 17.2 Å². The van der Waals surface area contributed by atoms with E-state index in [9.17, 15) is 9.00 Å². The maximum Gasteiger partial charge on any atom is 0.287 e. The number of rotatable bonds is 1. The molecule has 1 aromatic heterocycles. The number of H-pyrrole nitrogens is 1. The van der Waals surface area contributed by atoms with E-state index in [1.165, 1.54) is 4.68 Å². The lowest BCUT2D eigenvalue weighted by Gasteiger charge is -2.07. The molecule has 0 bridgehead atoms.